The van der Waals surface area contributed by atoms with E-state index < -0.39 is 30.1 Å². The Balaban J connectivity index is 0.00000158. The summed E-state index contributed by atoms with van der Waals surface area (Å²) in [5.41, 5.74) is 5.00. The lowest BCUT2D eigenvalue weighted by atomic mass is 10.0. The minimum Gasteiger partial charge on any atom is -0.380 e. The molecule has 0 aromatic heterocycles. The molecule has 1 aliphatic heterocycles. The van der Waals surface area contributed by atoms with Gasteiger partial charge in [-0.05, 0) is 34.7 Å². The molecule has 0 spiro atoms. The van der Waals surface area contributed by atoms with Crippen LogP contribution in [0.1, 0.15) is 43.5 Å². The van der Waals surface area contributed by atoms with E-state index in [0.29, 0.717) is 13.1 Å². The predicted octanol–water partition coefficient (Wildman–Crippen LogP) is 3.82. The Morgan fingerprint density at radius 3 is 1.82 bits per heavy atom. The van der Waals surface area contributed by atoms with Crippen LogP contribution in [0.5, 0.6) is 0 Å². The maximum absolute atomic E-state index is 12.6. The van der Waals surface area contributed by atoms with Gasteiger partial charge in [0.15, 0.2) is 12.2 Å². The second-order valence-electron chi connectivity index (χ2n) is 8.07. The molecule has 3 N–H and O–H groups in total. The zero-order valence-corrected chi connectivity index (χ0v) is 19.8. The van der Waals surface area contributed by atoms with E-state index in [4.69, 9.17) is 0 Å². The first-order chi connectivity index (χ1) is 16.4. The van der Waals surface area contributed by atoms with Gasteiger partial charge in [-0.2, -0.15) is 0 Å². The number of aliphatic hydroxyl groups is 2. The van der Waals surface area contributed by atoms with Crippen LogP contribution in [0.3, 0.4) is 0 Å². The van der Waals surface area contributed by atoms with Crippen molar-refractivity contribution in [3.63, 3.8) is 0 Å². The molecule has 178 valence electrons. The smallest absolute Gasteiger partial charge is 0.255 e. The summed E-state index contributed by atoms with van der Waals surface area (Å²) in [5, 5.41) is 23.3. The summed E-state index contributed by atoms with van der Waals surface area (Å²) in [6.45, 7) is 6.49. The number of rotatable bonds is 6. The molecule has 1 heterocycles. The summed E-state index contributed by atoms with van der Waals surface area (Å²) >= 11 is 0. The standard InChI is InChI=1S/C26H26N2O4.C2H6/c1-17(18-11-13-20(14-12-18)19-7-3-2-4-8-19)27-25(31)23(29)24(30)26(32)28-15-21-9-5-6-10-22(21)16-28;1-2/h2-14,17,23-24,29-30H,15-16H2,1H3,(H,27,31);1-2H3. The number of benzene rings is 3. The SMILES string of the molecule is CC.CC(NC(=O)C(O)C(O)C(=O)N1Cc2ccccc2C1)c1ccc(-c2ccccc2)cc1. The number of carbonyl (C=O) groups excluding carboxylic acids is 2. The van der Waals surface area contributed by atoms with E-state index in [1.165, 1.54) is 4.90 Å². The summed E-state index contributed by atoms with van der Waals surface area (Å²) in [7, 11) is 0. The molecule has 3 unspecified atom stereocenters. The maximum atomic E-state index is 12.6. The Bertz CT molecular complexity index is 1070. The van der Waals surface area contributed by atoms with Crippen molar-refractivity contribution >= 4 is 11.8 Å². The van der Waals surface area contributed by atoms with E-state index in [1.807, 2.05) is 92.7 Å². The van der Waals surface area contributed by atoms with Crippen molar-refractivity contribution < 1.29 is 19.8 Å². The van der Waals surface area contributed by atoms with E-state index in [1.54, 1.807) is 6.92 Å². The average molecular weight is 461 g/mol. The van der Waals surface area contributed by atoms with Gasteiger partial charge in [0.2, 0.25) is 0 Å². The highest BCUT2D eigenvalue weighted by molar-refractivity contribution is 5.91. The number of hydrogen-bond acceptors (Lipinski definition) is 4. The van der Waals surface area contributed by atoms with Gasteiger partial charge >= 0.3 is 0 Å². The van der Waals surface area contributed by atoms with Gasteiger partial charge in [-0.3, -0.25) is 9.59 Å². The fourth-order valence-electron chi connectivity index (χ4n) is 3.93. The van der Waals surface area contributed by atoms with E-state index >= 15 is 0 Å². The van der Waals surface area contributed by atoms with Crippen molar-refractivity contribution in [3.05, 3.63) is 95.6 Å². The van der Waals surface area contributed by atoms with Crippen molar-refractivity contribution in [2.75, 3.05) is 0 Å². The van der Waals surface area contributed by atoms with E-state index in [-0.39, 0.29) is 0 Å². The molecule has 0 saturated heterocycles. The molecule has 0 radical (unpaired) electrons. The molecule has 34 heavy (non-hydrogen) atoms. The Hall–Kier alpha value is -3.48. The van der Waals surface area contributed by atoms with Crippen LogP contribution in [-0.4, -0.2) is 39.1 Å². The van der Waals surface area contributed by atoms with Gasteiger partial charge in [-0.25, -0.2) is 0 Å². The molecule has 6 nitrogen and oxygen atoms in total. The molecule has 3 aromatic rings. The molecule has 0 bridgehead atoms. The summed E-state index contributed by atoms with van der Waals surface area (Å²) in [6, 6.07) is 24.9. The van der Waals surface area contributed by atoms with Gasteiger partial charge in [0.05, 0.1) is 6.04 Å². The highest BCUT2D eigenvalue weighted by Gasteiger charge is 2.35. The fourth-order valence-corrected chi connectivity index (χ4v) is 3.93. The van der Waals surface area contributed by atoms with Crippen LogP contribution in [0, 0.1) is 0 Å². The normalized spacial score (nSPS) is 14.8. The van der Waals surface area contributed by atoms with Gasteiger partial charge in [0.25, 0.3) is 11.8 Å². The summed E-state index contributed by atoms with van der Waals surface area (Å²) in [6.07, 6.45) is -3.67. The summed E-state index contributed by atoms with van der Waals surface area (Å²) < 4.78 is 0. The predicted molar refractivity (Wildman–Crippen MR) is 132 cm³/mol. The third kappa shape index (κ3) is 5.71. The van der Waals surface area contributed by atoms with Crippen molar-refractivity contribution in [2.24, 2.45) is 0 Å². The number of nitrogens with one attached hydrogen (secondary N) is 1. The Labute approximate surface area is 200 Å². The number of nitrogens with zero attached hydrogens (tertiary/aromatic N) is 1. The number of fused-ring (bicyclic) bond motifs is 1. The minimum absolute atomic E-state index is 0.352. The van der Waals surface area contributed by atoms with Crippen LogP contribution in [-0.2, 0) is 22.7 Å². The van der Waals surface area contributed by atoms with Crippen LogP contribution in [0.25, 0.3) is 11.1 Å². The molecular weight excluding hydrogens is 428 g/mol. The number of carbonyl (C=O) groups is 2. The zero-order chi connectivity index (χ0) is 24.7. The van der Waals surface area contributed by atoms with Gasteiger partial charge in [-0.15, -0.1) is 0 Å². The minimum atomic E-state index is -1.85. The number of hydrogen-bond donors (Lipinski definition) is 3. The first-order valence-electron chi connectivity index (χ1n) is 11.6. The quantitative estimate of drug-likeness (QED) is 0.522. The zero-order valence-electron chi connectivity index (χ0n) is 19.8. The molecule has 1 aliphatic rings. The van der Waals surface area contributed by atoms with Crippen molar-refractivity contribution in [2.45, 2.75) is 52.1 Å². The van der Waals surface area contributed by atoms with Gasteiger partial charge < -0.3 is 20.4 Å². The van der Waals surface area contributed by atoms with E-state index in [0.717, 1.165) is 27.8 Å². The van der Waals surface area contributed by atoms with Crippen LogP contribution < -0.4 is 5.32 Å². The second kappa shape index (κ2) is 11.6. The van der Waals surface area contributed by atoms with Gasteiger partial charge in [0, 0.05) is 13.1 Å². The van der Waals surface area contributed by atoms with Crippen LogP contribution in [0.2, 0.25) is 0 Å². The third-order valence-electron chi connectivity index (χ3n) is 5.85. The Morgan fingerprint density at radius 2 is 1.26 bits per heavy atom. The summed E-state index contributed by atoms with van der Waals surface area (Å²) in [5.74, 6) is -1.45. The van der Waals surface area contributed by atoms with Gasteiger partial charge in [-0.1, -0.05) is 92.7 Å². The van der Waals surface area contributed by atoms with E-state index in [2.05, 4.69) is 5.32 Å². The Kier molecular flexibility index (Phi) is 8.57. The molecule has 2 amide bonds. The second-order valence-corrected chi connectivity index (χ2v) is 8.07. The van der Waals surface area contributed by atoms with Gasteiger partial charge in [0.1, 0.15) is 0 Å². The maximum Gasteiger partial charge on any atom is 0.255 e. The summed E-state index contributed by atoms with van der Waals surface area (Å²) in [4.78, 5) is 26.6. The monoisotopic (exact) mass is 460 g/mol. The molecule has 4 rings (SSSR count). The lowest BCUT2D eigenvalue weighted by molar-refractivity contribution is -0.153. The first-order valence-corrected chi connectivity index (χ1v) is 11.6. The van der Waals surface area contributed by atoms with Crippen LogP contribution in [0.4, 0.5) is 0 Å². The topological polar surface area (TPSA) is 89.9 Å². The van der Waals surface area contributed by atoms with Crippen molar-refractivity contribution in [1.29, 1.82) is 0 Å². The molecule has 3 atom stereocenters. The highest BCUT2D eigenvalue weighted by atomic mass is 16.3. The number of aliphatic hydroxyl groups excluding tert-OH is 2. The average Bonchev–Trinajstić information content (AvgIpc) is 3.33. The van der Waals surface area contributed by atoms with Crippen molar-refractivity contribution in [3.8, 4) is 11.1 Å². The molecular formula is C28H32N2O4. The first kappa shape index (κ1) is 25.1. The fraction of sp³-hybridized carbons (Fsp3) is 0.286. The largest absolute Gasteiger partial charge is 0.380 e. The van der Waals surface area contributed by atoms with Crippen molar-refractivity contribution in [1.82, 2.24) is 10.2 Å². The molecule has 0 saturated carbocycles. The lowest BCUT2D eigenvalue weighted by Gasteiger charge is -2.24. The molecule has 3 aromatic carbocycles. The third-order valence-corrected chi connectivity index (χ3v) is 5.85. The molecule has 0 aliphatic carbocycles. The molecule has 0 fully saturated rings. The lowest BCUT2D eigenvalue weighted by Crippen LogP contribution is -2.50. The Morgan fingerprint density at radius 1 is 0.765 bits per heavy atom. The van der Waals surface area contributed by atoms with Crippen LogP contribution in [0.15, 0.2) is 78.9 Å². The molecule has 6 heteroatoms. The van der Waals surface area contributed by atoms with Crippen LogP contribution >= 0.6 is 0 Å². The van der Waals surface area contributed by atoms with E-state index in [9.17, 15) is 19.8 Å². The number of amides is 2. The highest BCUT2D eigenvalue weighted by Crippen LogP contribution is 2.24.